The third-order valence-electron chi connectivity index (χ3n) is 2.93. The van der Waals surface area contributed by atoms with Gasteiger partial charge in [0.05, 0.1) is 12.2 Å². The van der Waals surface area contributed by atoms with Crippen LogP contribution >= 0.6 is 0 Å². The number of rotatable bonds is 5. The van der Waals surface area contributed by atoms with Gasteiger partial charge in [0, 0.05) is 0 Å². The van der Waals surface area contributed by atoms with Gasteiger partial charge in [-0.3, -0.25) is 0 Å². The number of esters is 1. The van der Waals surface area contributed by atoms with Gasteiger partial charge in [-0.25, -0.2) is 4.79 Å². The maximum atomic E-state index is 12.1. The van der Waals surface area contributed by atoms with Crippen LogP contribution in [0.2, 0.25) is 0 Å². The molecule has 2 nitrogen and oxygen atoms in total. The second-order valence-corrected chi connectivity index (χ2v) is 4.44. The Labute approximate surface area is 125 Å². The predicted molar refractivity (Wildman–Crippen MR) is 86.5 cm³/mol. The smallest absolute Gasteiger partial charge is 0.338 e. The van der Waals surface area contributed by atoms with Crippen LogP contribution in [0.5, 0.6) is 0 Å². The molecule has 0 aliphatic rings. The minimum atomic E-state index is -0.304. The summed E-state index contributed by atoms with van der Waals surface area (Å²) in [5.41, 5.74) is 2.50. The van der Waals surface area contributed by atoms with Crippen molar-refractivity contribution in [2.45, 2.75) is 6.92 Å². The summed E-state index contributed by atoms with van der Waals surface area (Å²) in [5, 5.41) is 0. The van der Waals surface area contributed by atoms with Gasteiger partial charge in [0.1, 0.15) is 0 Å². The van der Waals surface area contributed by atoms with E-state index in [2.05, 4.69) is 0 Å². The topological polar surface area (TPSA) is 26.3 Å². The molecule has 2 aromatic carbocycles. The number of hydrogen-bond donors (Lipinski definition) is 0. The molecule has 0 bridgehead atoms. The van der Waals surface area contributed by atoms with E-state index in [4.69, 9.17) is 4.74 Å². The molecular weight excluding hydrogens is 260 g/mol. The third kappa shape index (κ3) is 4.46. The summed E-state index contributed by atoms with van der Waals surface area (Å²) in [7, 11) is 0. The summed E-state index contributed by atoms with van der Waals surface area (Å²) in [6.07, 6.45) is 5.62. The zero-order valence-corrected chi connectivity index (χ0v) is 12.0. The maximum absolute atomic E-state index is 12.1. The Kier molecular flexibility index (Phi) is 5.53. The Balaban J connectivity index is 2.25. The number of benzene rings is 2. The molecule has 2 aromatic rings. The van der Waals surface area contributed by atoms with Crippen LogP contribution in [0.15, 0.2) is 72.8 Å². The first-order valence-electron chi connectivity index (χ1n) is 6.97. The summed E-state index contributed by atoms with van der Waals surface area (Å²) in [6, 6.07) is 19.5. The lowest BCUT2D eigenvalue weighted by molar-refractivity contribution is -0.136. The summed E-state index contributed by atoms with van der Waals surface area (Å²) in [4.78, 5) is 12.1. The van der Waals surface area contributed by atoms with E-state index in [9.17, 15) is 4.79 Å². The molecule has 21 heavy (non-hydrogen) atoms. The van der Waals surface area contributed by atoms with Crippen molar-refractivity contribution < 1.29 is 9.53 Å². The van der Waals surface area contributed by atoms with Gasteiger partial charge in [-0.15, -0.1) is 0 Å². The molecule has 0 unspecified atom stereocenters. The number of allylic oxidation sites excluding steroid dienone is 2. The van der Waals surface area contributed by atoms with Crippen LogP contribution < -0.4 is 0 Å². The van der Waals surface area contributed by atoms with Crippen molar-refractivity contribution >= 4 is 17.6 Å². The van der Waals surface area contributed by atoms with Crippen molar-refractivity contribution in [1.82, 2.24) is 0 Å². The van der Waals surface area contributed by atoms with Crippen molar-refractivity contribution in [2.24, 2.45) is 0 Å². The van der Waals surface area contributed by atoms with Crippen LogP contribution in [0.25, 0.3) is 11.6 Å². The molecule has 0 saturated carbocycles. The molecule has 0 amide bonds. The number of carbonyl (C=O) groups excluding carboxylic acids is 1. The second-order valence-electron chi connectivity index (χ2n) is 4.44. The minimum Gasteiger partial charge on any atom is -0.462 e. The first-order chi connectivity index (χ1) is 10.3. The largest absolute Gasteiger partial charge is 0.462 e. The summed E-state index contributed by atoms with van der Waals surface area (Å²) >= 11 is 0. The minimum absolute atomic E-state index is 0.304. The molecule has 0 spiro atoms. The molecule has 0 atom stereocenters. The van der Waals surface area contributed by atoms with E-state index in [1.807, 2.05) is 72.8 Å². The van der Waals surface area contributed by atoms with E-state index < -0.39 is 0 Å². The second kappa shape index (κ2) is 7.85. The van der Waals surface area contributed by atoms with Crippen LogP contribution in [0.3, 0.4) is 0 Å². The monoisotopic (exact) mass is 278 g/mol. The van der Waals surface area contributed by atoms with E-state index in [0.717, 1.165) is 11.1 Å². The molecule has 2 rings (SSSR count). The van der Waals surface area contributed by atoms with Gasteiger partial charge in [0.2, 0.25) is 0 Å². The van der Waals surface area contributed by atoms with Crippen LogP contribution in [0, 0.1) is 0 Å². The standard InChI is InChI=1S/C19H18O2/c1-2-21-19(20)18(17-13-7-4-8-14-17)15-9-12-16-10-5-3-6-11-16/h3-15H,2H2,1H3/b12-9+,18-15-. The predicted octanol–water partition coefficient (Wildman–Crippen LogP) is 4.35. The van der Waals surface area contributed by atoms with Crippen LogP contribution in [-0.2, 0) is 9.53 Å². The lowest BCUT2D eigenvalue weighted by atomic mass is 10.1. The number of ether oxygens (including phenoxy) is 1. The number of carbonyl (C=O) groups is 1. The molecule has 0 aliphatic carbocycles. The highest BCUT2D eigenvalue weighted by molar-refractivity contribution is 6.16. The molecule has 2 heteroatoms. The lowest BCUT2D eigenvalue weighted by Gasteiger charge is -2.06. The van der Waals surface area contributed by atoms with Gasteiger partial charge >= 0.3 is 5.97 Å². The van der Waals surface area contributed by atoms with Gasteiger partial charge < -0.3 is 4.74 Å². The molecule has 0 radical (unpaired) electrons. The molecule has 0 saturated heterocycles. The molecule has 0 N–H and O–H groups in total. The third-order valence-corrected chi connectivity index (χ3v) is 2.93. The van der Waals surface area contributed by atoms with Crippen molar-refractivity contribution in [2.75, 3.05) is 6.61 Å². The van der Waals surface area contributed by atoms with Gasteiger partial charge in [-0.1, -0.05) is 72.8 Å². The van der Waals surface area contributed by atoms with Gasteiger partial charge in [-0.2, -0.15) is 0 Å². The molecular formula is C19H18O2. The van der Waals surface area contributed by atoms with E-state index in [1.165, 1.54) is 0 Å². The summed E-state index contributed by atoms with van der Waals surface area (Å²) in [6.45, 7) is 2.17. The molecule has 0 aliphatic heterocycles. The first-order valence-corrected chi connectivity index (χ1v) is 6.97. The van der Waals surface area contributed by atoms with E-state index >= 15 is 0 Å². The SMILES string of the molecule is CCOC(=O)/C(=C\C=C\c1ccccc1)c1ccccc1. The highest BCUT2D eigenvalue weighted by atomic mass is 16.5. The average molecular weight is 278 g/mol. The maximum Gasteiger partial charge on any atom is 0.338 e. The average Bonchev–Trinajstić information content (AvgIpc) is 2.53. The first kappa shape index (κ1) is 14.8. The molecule has 0 heterocycles. The van der Waals surface area contributed by atoms with Crippen molar-refractivity contribution in [1.29, 1.82) is 0 Å². The van der Waals surface area contributed by atoms with E-state index in [-0.39, 0.29) is 5.97 Å². The van der Waals surface area contributed by atoms with Gasteiger partial charge in [0.25, 0.3) is 0 Å². The summed E-state index contributed by atoms with van der Waals surface area (Å²) < 4.78 is 5.12. The van der Waals surface area contributed by atoms with Crippen molar-refractivity contribution in [3.05, 3.63) is 83.9 Å². The lowest BCUT2D eigenvalue weighted by Crippen LogP contribution is -2.06. The quantitative estimate of drug-likeness (QED) is 0.462. The fourth-order valence-corrected chi connectivity index (χ4v) is 1.93. The molecule has 0 aromatic heterocycles. The van der Waals surface area contributed by atoms with Crippen LogP contribution in [0.1, 0.15) is 18.1 Å². The van der Waals surface area contributed by atoms with Gasteiger partial charge in [-0.05, 0) is 24.1 Å². The van der Waals surface area contributed by atoms with E-state index in [1.54, 1.807) is 13.0 Å². The normalized spacial score (nSPS) is 11.6. The van der Waals surface area contributed by atoms with Crippen molar-refractivity contribution in [3.63, 3.8) is 0 Å². The Bertz CT molecular complexity index is 625. The zero-order valence-electron chi connectivity index (χ0n) is 12.0. The Morgan fingerprint density at radius 1 is 1.00 bits per heavy atom. The Morgan fingerprint density at radius 3 is 2.24 bits per heavy atom. The highest BCUT2D eigenvalue weighted by Gasteiger charge is 2.11. The molecule has 106 valence electrons. The van der Waals surface area contributed by atoms with E-state index in [0.29, 0.717) is 12.2 Å². The van der Waals surface area contributed by atoms with Crippen LogP contribution in [-0.4, -0.2) is 12.6 Å². The van der Waals surface area contributed by atoms with Crippen LogP contribution in [0.4, 0.5) is 0 Å². The van der Waals surface area contributed by atoms with Gasteiger partial charge in [0.15, 0.2) is 0 Å². The molecule has 0 fully saturated rings. The zero-order chi connectivity index (χ0) is 14.9. The number of hydrogen-bond acceptors (Lipinski definition) is 2. The summed E-state index contributed by atoms with van der Waals surface area (Å²) in [5.74, 6) is -0.304. The fraction of sp³-hybridized carbons (Fsp3) is 0.105. The fourth-order valence-electron chi connectivity index (χ4n) is 1.93. The Morgan fingerprint density at radius 2 is 1.62 bits per heavy atom. The Hall–Kier alpha value is -2.61. The highest BCUT2D eigenvalue weighted by Crippen LogP contribution is 2.16. The van der Waals surface area contributed by atoms with Crippen molar-refractivity contribution in [3.8, 4) is 0 Å².